The number of hydrogen-bond acceptors (Lipinski definition) is 5. The number of carbonyl (C=O) groups excluding carboxylic acids is 2. The summed E-state index contributed by atoms with van der Waals surface area (Å²) in [6.07, 6.45) is -3.99. The summed E-state index contributed by atoms with van der Waals surface area (Å²) in [5, 5.41) is 9.06. The summed E-state index contributed by atoms with van der Waals surface area (Å²) in [5.41, 5.74) is 1.11. The van der Waals surface area contributed by atoms with E-state index in [2.05, 4.69) is 4.74 Å². The maximum absolute atomic E-state index is 12.4. The molecule has 10 heteroatoms. The van der Waals surface area contributed by atoms with Crippen molar-refractivity contribution in [3.8, 4) is 0 Å². The van der Waals surface area contributed by atoms with Crippen LogP contribution in [-0.4, -0.2) is 44.7 Å². The molecule has 0 aliphatic carbocycles. The van der Waals surface area contributed by atoms with E-state index in [1.807, 2.05) is 6.92 Å². The largest absolute Gasteiger partial charge is 0.490 e. The molecule has 2 aromatic carbocycles. The fraction of sp³-hybridized carbons (Fsp3) is 0.261. The maximum atomic E-state index is 12.4. The molecule has 0 spiro atoms. The van der Waals surface area contributed by atoms with Crippen molar-refractivity contribution in [1.82, 2.24) is 4.90 Å². The number of aliphatic carboxylic acids is 1. The van der Waals surface area contributed by atoms with Crippen LogP contribution in [0, 0.1) is 0 Å². The van der Waals surface area contributed by atoms with Gasteiger partial charge in [0, 0.05) is 5.25 Å². The smallest absolute Gasteiger partial charge is 0.477 e. The number of rotatable bonds is 4. The molecule has 1 fully saturated rings. The number of carbonyl (C=O) groups is 3. The number of nitrogens with zero attached hydrogens (tertiary/aromatic N) is 1. The fourth-order valence-electron chi connectivity index (χ4n) is 3.31. The molecule has 2 atom stereocenters. The minimum absolute atomic E-state index is 0.0543. The van der Waals surface area contributed by atoms with Gasteiger partial charge in [-0.3, -0.25) is 9.69 Å². The van der Waals surface area contributed by atoms with Crippen LogP contribution in [0.25, 0.3) is 0 Å². The van der Waals surface area contributed by atoms with Crippen molar-refractivity contribution < 1.29 is 37.4 Å². The third-order valence-corrected chi connectivity index (χ3v) is 6.07. The number of hydrogen-bond donors (Lipinski definition) is 1. The second-order valence-electron chi connectivity index (χ2n) is 7.23. The van der Waals surface area contributed by atoms with Crippen LogP contribution in [0.4, 0.5) is 13.2 Å². The molecule has 33 heavy (non-hydrogen) atoms. The number of benzene rings is 2. The van der Waals surface area contributed by atoms with E-state index in [-0.39, 0.29) is 22.2 Å². The lowest BCUT2D eigenvalue weighted by molar-refractivity contribution is -0.203. The predicted octanol–water partition coefficient (Wildman–Crippen LogP) is 4.53. The van der Waals surface area contributed by atoms with Gasteiger partial charge in [-0.25, -0.2) is 9.59 Å². The summed E-state index contributed by atoms with van der Waals surface area (Å²) in [4.78, 5) is 34.3. The third kappa shape index (κ3) is 5.95. The summed E-state index contributed by atoms with van der Waals surface area (Å²) in [6, 6.07) is 16.6. The van der Waals surface area contributed by atoms with Crippen LogP contribution in [-0.2, 0) is 19.1 Å². The quantitative estimate of drug-likeness (QED) is 0.513. The van der Waals surface area contributed by atoms with E-state index in [9.17, 15) is 27.6 Å². The lowest BCUT2D eigenvalue weighted by atomic mass is 10.0. The molecule has 2 heterocycles. The van der Waals surface area contributed by atoms with Gasteiger partial charge in [0.1, 0.15) is 5.70 Å². The van der Waals surface area contributed by atoms with Crippen LogP contribution in [0.15, 0.2) is 72.4 Å². The zero-order valence-electron chi connectivity index (χ0n) is 17.4. The van der Waals surface area contributed by atoms with Crippen molar-refractivity contribution in [3.05, 3.63) is 83.6 Å². The first kappa shape index (κ1) is 24.4. The topological polar surface area (TPSA) is 83.9 Å². The maximum Gasteiger partial charge on any atom is 0.490 e. The van der Waals surface area contributed by atoms with E-state index in [1.54, 1.807) is 78.5 Å². The highest BCUT2D eigenvalue weighted by molar-refractivity contribution is 8.00. The minimum Gasteiger partial charge on any atom is -0.477 e. The number of amides is 1. The van der Waals surface area contributed by atoms with Gasteiger partial charge < -0.3 is 9.84 Å². The number of halogens is 3. The second-order valence-corrected chi connectivity index (χ2v) is 8.79. The number of ether oxygens (including phenoxy) is 1. The van der Waals surface area contributed by atoms with E-state index in [4.69, 9.17) is 5.11 Å². The molecule has 1 unspecified atom stereocenters. The number of esters is 1. The summed E-state index contributed by atoms with van der Waals surface area (Å²) < 4.78 is 41.7. The van der Waals surface area contributed by atoms with E-state index in [0.717, 1.165) is 0 Å². The monoisotopic (exact) mass is 479 g/mol. The molecule has 1 amide bonds. The van der Waals surface area contributed by atoms with Gasteiger partial charge in [0.05, 0.1) is 11.8 Å². The van der Waals surface area contributed by atoms with E-state index < -0.39 is 24.2 Å². The summed E-state index contributed by atoms with van der Waals surface area (Å²) in [6.45, 7) is 1.94. The van der Waals surface area contributed by atoms with Crippen LogP contribution in [0.3, 0.4) is 0 Å². The average Bonchev–Trinajstić information content (AvgIpc) is 2.77. The molecule has 4 rings (SSSR count). The normalized spacial score (nSPS) is 19.5. The van der Waals surface area contributed by atoms with Gasteiger partial charge in [0.2, 0.25) is 5.91 Å². The molecule has 0 bridgehead atoms. The molecule has 2 aliphatic rings. The lowest BCUT2D eigenvalue weighted by Crippen LogP contribution is -2.53. The Bertz CT molecular complexity index is 1000. The van der Waals surface area contributed by atoms with Gasteiger partial charge >= 0.3 is 18.1 Å². The zero-order valence-corrected chi connectivity index (χ0v) is 18.2. The van der Waals surface area contributed by atoms with Crippen molar-refractivity contribution in [2.45, 2.75) is 36.2 Å². The van der Waals surface area contributed by atoms with Gasteiger partial charge in [0.25, 0.3) is 0 Å². The Balaban J connectivity index is 0.000000203. The first-order chi connectivity index (χ1) is 15.6. The highest BCUT2D eigenvalue weighted by atomic mass is 32.2. The van der Waals surface area contributed by atoms with Gasteiger partial charge in [0.15, 0.2) is 6.10 Å². The second kappa shape index (κ2) is 10.1. The number of carboxylic acids is 1. The first-order valence-corrected chi connectivity index (χ1v) is 10.8. The molecule has 0 radical (unpaired) electrons. The number of thioether (sulfide) groups is 1. The molecule has 174 valence electrons. The Morgan fingerprint density at radius 3 is 2.00 bits per heavy atom. The van der Waals surface area contributed by atoms with Crippen molar-refractivity contribution in [1.29, 1.82) is 0 Å². The Kier molecular flexibility index (Phi) is 7.47. The third-order valence-electron chi connectivity index (χ3n) is 4.81. The fourth-order valence-corrected chi connectivity index (χ4v) is 4.60. The number of carboxylic acid groups (broad SMARTS) is 1. The van der Waals surface area contributed by atoms with Crippen LogP contribution in [0.1, 0.15) is 30.6 Å². The Morgan fingerprint density at radius 2 is 1.58 bits per heavy atom. The zero-order chi connectivity index (χ0) is 24.2. The van der Waals surface area contributed by atoms with Crippen LogP contribution in [0.2, 0.25) is 0 Å². The van der Waals surface area contributed by atoms with Crippen LogP contribution >= 0.6 is 11.8 Å². The summed E-state index contributed by atoms with van der Waals surface area (Å²) in [5.74, 6) is -3.29. The predicted molar refractivity (Wildman–Crippen MR) is 115 cm³/mol. The number of alkyl halides is 3. The molecule has 0 saturated carbocycles. The van der Waals surface area contributed by atoms with E-state index >= 15 is 0 Å². The van der Waals surface area contributed by atoms with Gasteiger partial charge in [-0.1, -0.05) is 60.7 Å². The molecule has 1 N–H and O–H groups in total. The Hall–Kier alpha value is -3.27. The average molecular weight is 479 g/mol. The first-order valence-electron chi connectivity index (χ1n) is 9.88. The molecular weight excluding hydrogens is 459 g/mol. The molecular formula is C23H20F3NO5S. The summed E-state index contributed by atoms with van der Waals surface area (Å²) in [7, 11) is 0. The Labute approximate surface area is 192 Å². The van der Waals surface area contributed by atoms with Crippen LogP contribution in [0.5, 0.6) is 0 Å². The lowest BCUT2D eigenvalue weighted by Gasteiger charge is -2.43. The van der Waals surface area contributed by atoms with Crippen molar-refractivity contribution in [2.24, 2.45) is 0 Å². The molecule has 2 aromatic rings. The number of fused-ring (bicyclic) bond motifs is 1. The van der Waals surface area contributed by atoms with E-state index in [1.165, 1.54) is 4.90 Å². The standard InChI is InChI=1S/C15H11F3O2.C8H9NO3S/c16-15(17,18)14(19)20-13(11-7-3-1-4-8-11)12-9-5-2-6-10-12;1-4-2-5(8(11)12)9-6(10)3-7(9)13-4/h1-10,13H;2,4,7H,3H2,1H3,(H,11,12)/t;4?,7-/m.1/s1. The Morgan fingerprint density at radius 1 is 1.06 bits per heavy atom. The molecule has 1 saturated heterocycles. The molecule has 0 aromatic heterocycles. The van der Waals surface area contributed by atoms with Crippen LogP contribution < -0.4 is 0 Å². The minimum atomic E-state index is -5.01. The van der Waals surface area contributed by atoms with E-state index in [0.29, 0.717) is 17.5 Å². The highest BCUT2D eigenvalue weighted by Crippen LogP contribution is 2.40. The van der Waals surface area contributed by atoms with Crippen molar-refractivity contribution in [3.63, 3.8) is 0 Å². The summed E-state index contributed by atoms with van der Waals surface area (Å²) >= 11 is 1.63. The van der Waals surface area contributed by atoms with Gasteiger partial charge in [-0.15, -0.1) is 11.8 Å². The molecule has 2 aliphatic heterocycles. The van der Waals surface area contributed by atoms with Crippen molar-refractivity contribution >= 4 is 29.6 Å². The SMILES string of the molecule is CC1C=C(C(=O)O)N2C(=O)C[C@H]2S1.O=C(OC(c1ccccc1)c1ccccc1)C(F)(F)F. The van der Waals surface area contributed by atoms with Crippen molar-refractivity contribution in [2.75, 3.05) is 0 Å². The van der Waals surface area contributed by atoms with Gasteiger partial charge in [-0.2, -0.15) is 13.2 Å². The highest BCUT2D eigenvalue weighted by Gasteiger charge is 2.44. The number of β-lactam (4-membered cyclic amide) rings is 1. The molecule has 6 nitrogen and oxygen atoms in total. The van der Waals surface area contributed by atoms with Gasteiger partial charge in [-0.05, 0) is 24.1 Å².